The highest BCUT2D eigenvalue weighted by Crippen LogP contribution is 2.50. The number of nitrogens with zero attached hydrogens (tertiary/aromatic N) is 3. The summed E-state index contributed by atoms with van der Waals surface area (Å²) < 4.78 is 45.5. The highest BCUT2D eigenvalue weighted by atomic mass is 19.4. The maximum Gasteiger partial charge on any atom is 0.417 e. The minimum Gasteiger partial charge on any atom is -0.444 e. The molecule has 2 aliphatic heterocycles. The minimum absolute atomic E-state index is 0.00553. The molecule has 1 aromatic heterocycles. The quantitative estimate of drug-likeness (QED) is 0.520. The van der Waals surface area contributed by atoms with Crippen molar-refractivity contribution in [2.24, 2.45) is 11.3 Å². The fourth-order valence-corrected chi connectivity index (χ4v) is 6.36. The summed E-state index contributed by atoms with van der Waals surface area (Å²) in [5.41, 5.74) is -0.733. The first-order chi connectivity index (χ1) is 19.7. The lowest BCUT2D eigenvalue weighted by Gasteiger charge is -2.37. The number of pyridine rings is 1. The first-order valence-electron chi connectivity index (χ1n) is 14.1. The number of hydrogen-bond acceptors (Lipinski definition) is 5. The predicted octanol–water partition coefficient (Wildman–Crippen LogP) is 4.83. The van der Waals surface area contributed by atoms with Crippen molar-refractivity contribution in [3.8, 4) is 0 Å². The van der Waals surface area contributed by atoms with Crippen LogP contribution in [0.2, 0.25) is 0 Å². The van der Waals surface area contributed by atoms with Crippen molar-refractivity contribution in [3.05, 3.63) is 71.1 Å². The number of amides is 3. The van der Waals surface area contributed by atoms with Gasteiger partial charge in [0.05, 0.1) is 11.0 Å². The largest absolute Gasteiger partial charge is 0.444 e. The van der Waals surface area contributed by atoms with Crippen LogP contribution in [0.3, 0.4) is 0 Å². The number of rotatable bonds is 4. The molecule has 11 heteroatoms. The number of carbonyl (C=O) groups is 3. The standard InChI is InChI=1S/C31H35F3N4O4/c1-29(2,3)42-28(41)36-24-14-23-18-38(26(39)10-9-20-7-5-4-6-8-20)19-30(23,15-24)27(40)37-12-11-25-21(17-37)13-22(16-35-25)31(32,33)34/h4-10,13,16,23-24H,11-12,14-15,17-19H2,1-3H3,(H,36,41)/t23-,24+,30-/m0/s1. The van der Waals surface area contributed by atoms with Crippen LogP contribution >= 0.6 is 0 Å². The Bertz CT molecular complexity index is 1390. The second kappa shape index (κ2) is 11.1. The van der Waals surface area contributed by atoms with Crippen LogP contribution in [0.1, 0.15) is 56.0 Å². The van der Waals surface area contributed by atoms with Crippen LogP contribution in [-0.2, 0) is 33.5 Å². The SMILES string of the molecule is CC(C)(C)OC(=O)N[C@@H]1C[C@H]2CN(C(=O)C=Cc3ccccc3)C[C@@]2(C(=O)N2CCc3ncc(C(F)(F)F)cc3C2)C1. The molecular formula is C31H35F3N4O4. The average Bonchev–Trinajstić information content (AvgIpc) is 3.44. The average molecular weight is 585 g/mol. The van der Waals surface area contributed by atoms with Gasteiger partial charge in [-0.1, -0.05) is 30.3 Å². The van der Waals surface area contributed by atoms with Crippen molar-refractivity contribution in [1.82, 2.24) is 20.1 Å². The molecule has 42 heavy (non-hydrogen) atoms. The third kappa shape index (κ3) is 6.29. The third-order valence-electron chi connectivity index (χ3n) is 8.21. The van der Waals surface area contributed by atoms with Gasteiger partial charge in [-0.3, -0.25) is 14.6 Å². The number of ether oxygens (including phenoxy) is 1. The summed E-state index contributed by atoms with van der Waals surface area (Å²) in [7, 11) is 0. The third-order valence-corrected chi connectivity index (χ3v) is 8.21. The van der Waals surface area contributed by atoms with Gasteiger partial charge in [-0.05, 0) is 62.8 Å². The van der Waals surface area contributed by atoms with Crippen LogP contribution < -0.4 is 5.32 Å². The van der Waals surface area contributed by atoms with Gasteiger partial charge in [0.15, 0.2) is 0 Å². The van der Waals surface area contributed by atoms with E-state index in [1.807, 2.05) is 30.3 Å². The molecule has 8 nitrogen and oxygen atoms in total. The fourth-order valence-electron chi connectivity index (χ4n) is 6.36. The molecule has 0 spiro atoms. The molecule has 5 rings (SSSR count). The van der Waals surface area contributed by atoms with Crippen molar-refractivity contribution >= 4 is 24.0 Å². The Labute approximate surface area is 242 Å². The normalized spacial score (nSPS) is 24.0. The Balaban J connectivity index is 1.37. The zero-order chi connectivity index (χ0) is 30.3. The molecule has 2 fully saturated rings. The van der Waals surface area contributed by atoms with Gasteiger partial charge in [0, 0.05) is 56.6 Å². The number of benzene rings is 1. The van der Waals surface area contributed by atoms with E-state index in [9.17, 15) is 27.6 Å². The van der Waals surface area contributed by atoms with Crippen LogP contribution in [-0.4, -0.2) is 64.0 Å². The number of alkyl halides is 3. The predicted molar refractivity (Wildman–Crippen MR) is 149 cm³/mol. The first kappa shape index (κ1) is 29.6. The Morgan fingerprint density at radius 2 is 1.86 bits per heavy atom. The molecule has 0 unspecified atom stereocenters. The molecule has 1 saturated carbocycles. The monoisotopic (exact) mass is 584 g/mol. The first-order valence-corrected chi connectivity index (χ1v) is 14.1. The van der Waals surface area contributed by atoms with Gasteiger partial charge in [0.1, 0.15) is 5.60 Å². The molecule has 3 atom stereocenters. The van der Waals surface area contributed by atoms with Crippen molar-refractivity contribution in [2.45, 2.75) is 64.4 Å². The van der Waals surface area contributed by atoms with E-state index in [2.05, 4.69) is 10.3 Å². The van der Waals surface area contributed by atoms with Crippen LogP contribution in [0.4, 0.5) is 18.0 Å². The van der Waals surface area contributed by atoms with E-state index in [-0.39, 0.29) is 36.9 Å². The number of likely N-dealkylation sites (tertiary alicyclic amines) is 1. The lowest BCUT2D eigenvalue weighted by atomic mass is 9.78. The summed E-state index contributed by atoms with van der Waals surface area (Å²) in [5.74, 6) is -0.675. The van der Waals surface area contributed by atoms with Crippen molar-refractivity contribution < 1.29 is 32.3 Å². The Morgan fingerprint density at radius 1 is 1.12 bits per heavy atom. The molecule has 0 bridgehead atoms. The van der Waals surface area contributed by atoms with Gasteiger partial charge in [0.2, 0.25) is 11.8 Å². The summed E-state index contributed by atoms with van der Waals surface area (Å²) in [4.78, 5) is 47.3. The smallest absolute Gasteiger partial charge is 0.417 e. The second-order valence-corrected chi connectivity index (χ2v) is 12.4. The van der Waals surface area contributed by atoms with Gasteiger partial charge < -0.3 is 19.9 Å². The summed E-state index contributed by atoms with van der Waals surface area (Å²) in [6.07, 6.45) is 0.0423. The number of halogens is 3. The van der Waals surface area contributed by atoms with E-state index >= 15 is 0 Å². The molecule has 1 aromatic carbocycles. The van der Waals surface area contributed by atoms with E-state index in [0.717, 1.165) is 17.8 Å². The van der Waals surface area contributed by atoms with Gasteiger partial charge in [-0.2, -0.15) is 13.2 Å². The summed E-state index contributed by atoms with van der Waals surface area (Å²) >= 11 is 0. The number of carbonyl (C=O) groups excluding carboxylic acids is 3. The maximum absolute atomic E-state index is 14.3. The molecule has 3 aliphatic rings. The zero-order valence-corrected chi connectivity index (χ0v) is 23.9. The topological polar surface area (TPSA) is 91.8 Å². The molecular weight excluding hydrogens is 549 g/mol. The Hall–Kier alpha value is -3.89. The number of fused-ring (bicyclic) bond motifs is 2. The molecule has 224 valence electrons. The van der Waals surface area contributed by atoms with Gasteiger partial charge >= 0.3 is 12.3 Å². The Kier molecular flexibility index (Phi) is 7.80. The zero-order valence-electron chi connectivity index (χ0n) is 23.9. The highest BCUT2D eigenvalue weighted by Gasteiger charge is 2.59. The van der Waals surface area contributed by atoms with E-state index in [1.165, 1.54) is 6.08 Å². The maximum atomic E-state index is 14.3. The summed E-state index contributed by atoms with van der Waals surface area (Å²) in [6.45, 7) is 6.10. The van der Waals surface area contributed by atoms with E-state index in [0.29, 0.717) is 43.6 Å². The second-order valence-electron chi connectivity index (χ2n) is 12.4. The number of hydrogen-bond donors (Lipinski definition) is 1. The van der Waals surface area contributed by atoms with E-state index < -0.39 is 28.8 Å². The van der Waals surface area contributed by atoms with Gasteiger partial charge in [-0.25, -0.2) is 4.79 Å². The van der Waals surface area contributed by atoms with E-state index in [4.69, 9.17) is 4.74 Å². The number of alkyl carbamates (subject to hydrolysis) is 1. The van der Waals surface area contributed by atoms with Crippen LogP contribution in [0.25, 0.3) is 6.08 Å². The molecule has 1 saturated heterocycles. The van der Waals surface area contributed by atoms with E-state index in [1.54, 1.807) is 36.6 Å². The molecule has 3 amide bonds. The van der Waals surface area contributed by atoms with Crippen LogP contribution in [0, 0.1) is 11.3 Å². The van der Waals surface area contributed by atoms with Crippen LogP contribution in [0.15, 0.2) is 48.7 Å². The summed E-state index contributed by atoms with van der Waals surface area (Å²) in [6, 6.07) is 10.1. The molecule has 2 aromatic rings. The highest BCUT2D eigenvalue weighted by molar-refractivity contribution is 5.93. The van der Waals surface area contributed by atoms with Gasteiger partial charge in [-0.15, -0.1) is 0 Å². The van der Waals surface area contributed by atoms with Crippen LogP contribution in [0.5, 0.6) is 0 Å². The molecule has 1 N–H and O–H groups in total. The van der Waals surface area contributed by atoms with Crippen molar-refractivity contribution in [3.63, 3.8) is 0 Å². The molecule has 0 radical (unpaired) electrons. The summed E-state index contributed by atoms with van der Waals surface area (Å²) in [5, 5.41) is 2.89. The van der Waals surface area contributed by atoms with Crippen molar-refractivity contribution in [2.75, 3.05) is 19.6 Å². The number of aromatic nitrogens is 1. The fraction of sp³-hybridized carbons (Fsp3) is 0.484. The lowest BCUT2D eigenvalue weighted by Crippen LogP contribution is -2.49. The van der Waals surface area contributed by atoms with Gasteiger partial charge in [0.25, 0.3) is 0 Å². The number of nitrogens with one attached hydrogen (secondary N) is 1. The lowest BCUT2D eigenvalue weighted by molar-refractivity contribution is -0.144. The minimum atomic E-state index is -4.54. The Morgan fingerprint density at radius 3 is 2.55 bits per heavy atom. The molecule has 3 heterocycles. The van der Waals surface area contributed by atoms with Crippen molar-refractivity contribution in [1.29, 1.82) is 0 Å². The molecule has 1 aliphatic carbocycles.